The molecular formula is CH7FSi2. The van der Waals surface area contributed by atoms with Crippen molar-refractivity contribution >= 4 is 20.5 Å². The molecule has 0 N–H and O–H groups in total. The molecule has 0 radical (unpaired) electrons. The lowest BCUT2D eigenvalue weighted by molar-refractivity contribution is 0.551. The quantitative estimate of drug-likeness (QED) is 0.304. The minimum Gasteiger partial charge on any atom is -0.257 e. The molecule has 0 spiro atoms. The van der Waals surface area contributed by atoms with Crippen LogP contribution in [0.15, 0.2) is 0 Å². The van der Waals surface area contributed by atoms with Crippen LogP contribution in [0.1, 0.15) is 0 Å². The van der Waals surface area contributed by atoms with Crippen molar-refractivity contribution in [2.24, 2.45) is 0 Å². The van der Waals surface area contributed by atoms with E-state index >= 15 is 0 Å². The lowest BCUT2D eigenvalue weighted by Gasteiger charge is -1.74. The maximum atomic E-state index is 11.1. The third-order valence-electron chi connectivity index (χ3n) is 0. The van der Waals surface area contributed by atoms with Gasteiger partial charge in [0, 0.05) is 20.5 Å². The summed E-state index contributed by atoms with van der Waals surface area (Å²) in [6.45, 7) is 0. The van der Waals surface area contributed by atoms with Crippen LogP contribution in [0.3, 0.4) is 0 Å². The molecule has 0 rings (SSSR count). The van der Waals surface area contributed by atoms with Crippen LogP contribution in [0.25, 0.3) is 0 Å². The fourth-order valence-corrected chi connectivity index (χ4v) is 0. The van der Waals surface area contributed by atoms with E-state index < -0.39 is 0 Å². The Morgan fingerprint density at radius 3 is 1.50 bits per heavy atom. The van der Waals surface area contributed by atoms with Gasteiger partial charge in [0.05, 0.1) is 5.42 Å². The summed E-state index contributed by atoms with van der Waals surface area (Å²) in [7, 11) is 1.49. The van der Waals surface area contributed by atoms with E-state index in [9.17, 15) is 4.39 Å². The van der Waals surface area contributed by atoms with E-state index in [1.807, 2.05) is 0 Å². The number of rotatable bonds is 0. The molecule has 26 valence electrons. The molecule has 0 saturated heterocycles. The lowest BCUT2D eigenvalue weighted by Crippen LogP contribution is -1.92. The molecule has 0 nitrogen and oxygen atoms in total. The van der Waals surface area contributed by atoms with Crippen LogP contribution in [0.5, 0.6) is 0 Å². The van der Waals surface area contributed by atoms with E-state index in [4.69, 9.17) is 0 Å². The van der Waals surface area contributed by atoms with Crippen molar-refractivity contribution in [2.75, 3.05) is 0 Å². The second kappa shape index (κ2) is 1.66. The van der Waals surface area contributed by atoms with Crippen LogP contribution in [0.4, 0.5) is 4.39 Å². The molecule has 3 heteroatoms. The van der Waals surface area contributed by atoms with Crippen molar-refractivity contribution in [3.05, 3.63) is 0 Å². The summed E-state index contributed by atoms with van der Waals surface area (Å²) in [5.41, 5.74) is -0.389. The number of alkyl halides is 1. The first kappa shape index (κ1) is 4.36. The molecule has 0 aromatic rings. The first-order valence-corrected chi connectivity index (χ1v) is 3.68. The molecule has 0 aliphatic rings. The molecular weight excluding hydrogens is 87.2 g/mol. The van der Waals surface area contributed by atoms with Gasteiger partial charge >= 0.3 is 0 Å². The van der Waals surface area contributed by atoms with E-state index in [1.165, 1.54) is 0 Å². The summed E-state index contributed by atoms with van der Waals surface area (Å²) in [5.74, 6) is 0. The van der Waals surface area contributed by atoms with Crippen molar-refractivity contribution in [1.82, 2.24) is 0 Å². The van der Waals surface area contributed by atoms with Gasteiger partial charge in [-0.1, -0.05) is 0 Å². The molecule has 0 aliphatic heterocycles. The minimum absolute atomic E-state index is 0.389. The molecule has 4 heavy (non-hydrogen) atoms. The van der Waals surface area contributed by atoms with Crippen LogP contribution >= 0.6 is 0 Å². The van der Waals surface area contributed by atoms with Gasteiger partial charge in [-0.05, 0) is 0 Å². The third-order valence-corrected chi connectivity index (χ3v) is 0. The monoisotopic (exact) mass is 94.0 g/mol. The Morgan fingerprint density at radius 1 is 1.50 bits per heavy atom. The molecule has 0 aromatic heterocycles. The molecule has 0 heterocycles. The van der Waals surface area contributed by atoms with E-state index in [2.05, 4.69) is 0 Å². The highest BCUT2D eigenvalue weighted by molar-refractivity contribution is 6.34. The van der Waals surface area contributed by atoms with Gasteiger partial charge in [-0.2, -0.15) is 0 Å². The SMILES string of the molecule is FC([SiH3])[SiH3]. The third kappa shape index (κ3) is 33.2. The zero-order chi connectivity index (χ0) is 3.58. The van der Waals surface area contributed by atoms with Gasteiger partial charge < -0.3 is 0 Å². The Morgan fingerprint density at radius 2 is 1.50 bits per heavy atom. The predicted molar refractivity (Wildman–Crippen MR) is 24.8 cm³/mol. The van der Waals surface area contributed by atoms with E-state index in [0.29, 0.717) is 0 Å². The fourth-order valence-electron chi connectivity index (χ4n) is 0. The van der Waals surface area contributed by atoms with Crippen molar-refractivity contribution in [3.63, 3.8) is 0 Å². The molecule has 0 amide bonds. The van der Waals surface area contributed by atoms with Crippen molar-refractivity contribution in [1.29, 1.82) is 0 Å². The zero-order valence-corrected chi connectivity index (χ0v) is 6.96. The van der Waals surface area contributed by atoms with Gasteiger partial charge in [-0.3, -0.25) is 4.39 Å². The largest absolute Gasteiger partial charge is 0.257 e. The van der Waals surface area contributed by atoms with Gasteiger partial charge in [0.1, 0.15) is 0 Å². The molecule has 0 aliphatic carbocycles. The first-order chi connectivity index (χ1) is 1.73. The van der Waals surface area contributed by atoms with Crippen LogP contribution in [0.2, 0.25) is 0 Å². The van der Waals surface area contributed by atoms with E-state index in [1.54, 1.807) is 0 Å². The summed E-state index contributed by atoms with van der Waals surface area (Å²) in [6, 6.07) is 0. The second-order valence-electron chi connectivity index (χ2n) is 1.01. The Kier molecular flexibility index (Phi) is 1.81. The molecule has 0 fully saturated rings. The fraction of sp³-hybridized carbons (Fsp3) is 1.00. The van der Waals surface area contributed by atoms with Gasteiger partial charge in [-0.25, -0.2) is 0 Å². The van der Waals surface area contributed by atoms with E-state index in [0.717, 1.165) is 20.5 Å². The molecule has 0 aromatic carbocycles. The van der Waals surface area contributed by atoms with Gasteiger partial charge in [0.2, 0.25) is 0 Å². The maximum absolute atomic E-state index is 11.1. The topological polar surface area (TPSA) is 0 Å². The van der Waals surface area contributed by atoms with E-state index in [-0.39, 0.29) is 5.42 Å². The number of halogens is 1. The summed E-state index contributed by atoms with van der Waals surface area (Å²) in [6.07, 6.45) is 0. The average molecular weight is 94.2 g/mol. The van der Waals surface area contributed by atoms with Crippen LogP contribution in [-0.2, 0) is 0 Å². The Balaban J connectivity index is 2.32. The van der Waals surface area contributed by atoms with Crippen molar-refractivity contribution in [3.8, 4) is 0 Å². The summed E-state index contributed by atoms with van der Waals surface area (Å²) in [4.78, 5) is 0. The van der Waals surface area contributed by atoms with Crippen LogP contribution < -0.4 is 0 Å². The highest BCUT2D eigenvalue weighted by Gasteiger charge is 1.74. The Hall–Kier alpha value is 0.364. The standard InChI is InChI=1S/CH7FSi2/c2-1(3)4/h1H,3-4H3. The summed E-state index contributed by atoms with van der Waals surface area (Å²) < 4.78 is 11.1. The summed E-state index contributed by atoms with van der Waals surface area (Å²) >= 11 is 0. The number of hydrogen-bond acceptors (Lipinski definition) is 0. The Bertz CT molecular complexity index is 10.8. The second-order valence-corrected chi connectivity index (χ2v) is 6.51. The van der Waals surface area contributed by atoms with Gasteiger partial charge in [0.15, 0.2) is 0 Å². The summed E-state index contributed by atoms with van der Waals surface area (Å²) in [5, 5.41) is 0. The van der Waals surface area contributed by atoms with Crippen LogP contribution in [0, 0.1) is 0 Å². The molecule has 0 saturated carbocycles. The van der Waals surface area contributed by atoms with Crippen molar-refractivity contribution < 1.29 is 4.39 Å². The van der Waals surface area contributed by atoms with Crippen LogP contribution in [-0.4, -0.2) is 25.9 Å². The van der Waals surface area contributed by atoms with Gasteiger partial charge in [0.25, 0.3) is 0 Å². The molecule has 0 bridgehead atoms. The molecule has 0 atom stereocenters. The zero-order valence-electron chi connectivity index (χ0n) is 2.96. The average Bonchev–Trinajstić information content (AvgIpc) is 0.811. The predicted octanol–water partition coefficient (Wildman–Crippen LogP) is -2.03. The highest BCUT2D eigenvalue weighted by atomic mass is 28.2. The first-order valence-electron chi connectivity index (χ1n) is 1.37. The minimum atomic E-state index is -0.389. The highest BCUT2D eigenvalue weighted by Crippen LogP contribution is 1.62. The van der Waals surface area contributed by atoms with Gasteiger partial charge in [-0.15, -0.1) is 0 Å². The Labute approximate surface area is 31.2 Å². The lowest BCUT2D eigenvalue weighted by atomic mass is 11.8. The number of hydrogen-bond donors (Lipinski definition) is 0. The van der Waals surface area contributed by atoms with Crippen molar-refractivity contribution in [2.45, 2.75) is 5.42 Å². The molecule has 0 unspecified atom stereocenters. The smallest absolute Gasteiger partial charge is 0.0614 e. The maximum Gasteiger partial charge on any atom is 0.0614 e. The normalized spacial score (nSPS) is 17.2.